The molecule has 0 atom stereocenters. The standard InChI is InChI=1S/C34H46/c1-7-11-15-25-26(16-12-8-2)30-22-20-24(6)32-28(18-14-10-4)27(17-13-9-3)31-23(5)19-21-29(25)33(31)34(30)32/h19-22H,7-18H2,1-6H3. The lowest BCUT2D eigenvalue weighted by molar-refractivity contribution is 0.763. The van der Waals surface area contributed by atoms with E-state index in [-0.39, 0.29) is 0 Å². The van der Waals surface area contributed by atoms with Gasteiger partial charge in [0.2, 0.25) is 0 Å². The van der Waals surface area contributed by atoms with Crippen molar-refractivity contribution in [2.45, 2.75) is 119 Å². The molecular weight excluding hydrogens is 408 g/mol. The molecule has 0 amide bonds. The second kappa shape index (κ2) is 11.1. The summed E-state index contributed by atoms with van der Waals surface area (Å²) in [6, 6.07) is 9.84. The van der Waals surface area contributed by atoms with E-state index in [4.69, 9.17) is 0 Å². The topological polar surface area (TPSA) is 0 Å². The van der Waals surface area contributed by atoms with Crippen molar-refractivity contribution < 1.29 is 0 Å². The van der Waals surface area contributed by atoms with Crippen LogP contribution >= 0.6 is 0 Å². The summed E-state index contributed by atoms with van der Waals surface area (Å²) in [6.45, 7) is 14.1. The molecule has 0 heteroatoms. The molecule has 0 aromatic heterocycles. The summed E-state index contributed by atoms with van der Waals surface area (Å²) < 4.78 is 0. The molecule has 0 fully saturated rings. The predicted octanol–water partition coefficient (Wildman–Crippen LogP) is 10.6. The van der Waals surface area contributed by atoms with Gasteiger partial charge in [-0.25, -0.2) is 0 Å². The van der Waals surface area contributed by atoms with Crippen LogP contribution in [0.3, 0.4) is 0 Å². The highest BCUT2D eigenvalue weighted by Crippen LogP contribution is 2.46. The van der Waals surface area contributed by atoms with Crippen molar-refractivity contribution in [1.82, 2.24) is 0 Å². The molecule has 4 rings (SSSR count). The third-order valence-corrected chi connectivity index (χ3v) is 8.18. The first-order valence-corrected chi connectivity index (χ1v) is 14.3. The Kier molecular flexibility index (Phi) is 8.18. The fourth-order valence-electron chi connectivity index (χ4n) is 6.38. The van der Waals surface area contributed by atoms with Crippen molar-refractivity contribution in [3.05, 3.63) is 57.6 Å². The van der Waals surface area contributed by atoms with Crippen molar-refractivity contribution in [2.24, 2.45) is 0 Å². The average molecular weight is 455 g/mol. The van der Waals surface area contributed by atoms with Gasteiger partial charge in [0.15, 0.2) is 0 Å². The van der Waals surface area contributed by atoms with Crippen LogP contribution in [0.4, 0.5) is 0 Å². The maximum absolute atomic E-state index is 2.48. The van der Waals surface area contributed by atoms with Gasteiger partial charge in [-0.1, -0.05) is 77.6 Å². The molecule has 0 aliphatic rings. The van der Waals surface area contributed by atoms with Crippen molar-refractivity contribution in [3.63, 3.8) is 0 Å². The zero-order valence-electron chi connectivity index (χ0n) is 22.8. The molecule has 0 radical (unpaired) electrons. The fraction of sp³-hybridized carbons (Fsp3) is 0.529. The van der Waals surface area contributed by atoms with Gasteiger partial charge in [0.05, 0.1) is 0 Å². The summed E-state index contributed by atoms with van der Waals surface area (Å²) in [4.78, 5) is 0. The summed E-state index contributed by atoms with van der Waals surface area (Å²) in [5.41, 5.74) is 9.60. The quantitative estimate of drug-likeness (QED) is 0.187. The Hall–Kier alpha value is -2.08. The van der Waals surface area contributed by atoms with Crippen LogP contribution in [-0.4, -0.2) is 0 Å². The monoisotopic (exact) mass is 454 g/mol. The molecule has 0 spiro atoms. The van der Waals surface area contributed by atoms with E-state index in [1.165, 1.54) is 88.2 Å². The van der Waals surface area contributed by atoms with Crippen LogP contribution < -0.4 is 0 Å². The summed E-state index contributed by atoms with van der Waals surface area (Å²) in [5.74, 6) is 0. The lowest BCUT2D eigenvalue weighted by Gasteiger charge is -2.26. The summed E-state index contributed by atoms with van der Waals surface area (Å²) >= 11 is 0. The van der Waals surface area contributed by atoms with E-state index < -0.39 is 0 Å². The highest BCUT2D eigenvalue weighted by molar-refractivity contribution is 6.27. The predicted molar refractivity (Wildman–Crippen MR) is 154 cm³/mol. The summed E-state index contributed by atoms with van der Waals surface area (Å²) in [7, 11) is 0. The zero-order chi connectivity index (χ0) is 24.2. The van der Waals surface area contributed by atoms with Gasteiger partial charge in [-0.15, -0.1) is 0 Å². The number of rotatable bonds is 12. The van der Waals surface area contributed by atoms with Crippen molar-refractivity contribution in [3.8, 4) is 0 Å². The Balaban J connectivity index is 2.23. The van der Waals surface area contributed by atoms with E-state index in [0.29, 0.717) is 0 Å². The lowest BCUT2D eigenvalue weighted by atomic mass is 9.77. The number of benzene rings is 4. The van der Waals surface area contributed by atoms with Crippen LogP contribution in [0.2, 0.25) is 0 Å². The van der Waals surface area contributed by atoms with Gasteiger partial charge >= 0.3 is 0 Å². The van der Waals surface area contributed by atoms with Crippen LogP contribution in [0.25, 0.3) is 32.3 Å². The molecular formula is C34H46. The van der Waals surface area contributed by atoms with Gasteiger partial charge in [-0.2, -0.15) is 0 Å². The highest BCUT2D eigenvalue weighted by atomic mass is 14.3. The molecule has 4 aromatic carbocycles. The van der Waals surface area contributed by atoms with Crippen molar-refractivity contribution in [1.29, 1.82) is 0 Å². The van der Waals surface area contributed by atoms with E-state index in [0.717, 1.165) is 0 Å². The Morgan fingerprint density at radius 2 is 0.735 bits per heavy atom. The minimum Gasteiger partial charge on any atom is -0.0654 e. The molecule has 4 aromatic rings. The summed E-state index contributed by atoms with van der Waals surface area (Å²) in [5, 5.41) is 9.49. The van der Waals surface area contributed by atoms with Crippen LogP contribution in [-0.2, 0) is 25.7 Å². The molecule has 0 nitrogen and oxygen atoms in total. The molecule has 0 heterocycles. The van der Waals surface area contributed by atoms with Gasteiger partial charge in [-0.05, 0) is 131 Å². The normalized spacial score (nSPS) is 12.1. The molecule has 34 heavy (non-hydrogen) atoms. The first-order chi connectivity index (χ1) is 16.6. The smallest absolute Gasteiger partial charge is 0.00181 e. The lowest BCUT2D eigenvalue weighted by Crippen LogP contribution is -2.06. The minimum absolute atomic E-state index is 1.21. The fourth-order valence-corrected chi connectivity index (χ4v) is 6.38. The molecule has 0 N–H and O–H groups in total. The van der Waals surface area contributed by atoms with Gasteiger partial charge in [0, 0.05) is 0 Å². The molecule has 0 aliphatic carbocycles. The average Bonchev–Trinajstić information content (AvgIpc) is 2.84. The molecule has 182 valence electrons. The summed E-state index contributed by atoms with van der Waals surface area (Å²) in [6.07, 6.45) is 15.0. The molecule has 0 aliphatic heterocycles. The second-order valence-electron chi connectivity index (χ2n) is 10.7. The molecule has 0 saturated heterocycles. The van der Waals surface area contributed by atoms with E-state index >= 15 is 0 Å². The second-order valence-corrected chi connectivity index (χ2v) is 10.7. The van der Waals surface area contributed by atoms with E-state index in [9.17, 15) is 0 Å². The molecule has 0 unspecified atom stereocenters. The first-order valence-electron chi connectivity index (χ1n) is 14.3. The number of unbranched alkanes of at least 4 members (excludes halogenated alkanes) is 4. The number of hydrogen-bond donors (Lipinski definition) is 0. The SMILES string of the molecule is CCCCc1c(CCCC)c2ccc(C)c3c(CCCC)c(CCCC)c4c(C)ccc1c4c23. The Labute approximate surface area is 208 Å². The minimum atomic E-state index is 1.21. The molecule has 0 bridgehead atoms. The Bertz CT molecular complexity index is 1160. The Morgan fingerprint density at radius 1 is 0.412 bits per heavy atom. The highest BCUT2D eigenvalue weighted by Gasteiger charge is 2.23. The van der Waals surface area contributed by atoms with E-state index in [1.807, 2.05) is 0 Å². The van der Waals surface area contributed by atoms with E-state index in [2.05, 4.69) is 65.8 Å². The first kappa shape index (κ1) is 25.0. The number of aryl methyl sites for hydroxylation is 6. The van der Waals surface area contributed by atoms with E-state index in [1.54, 1.807) is 54.6 Å². The largest absolute Gasteiger partial charge is 0.0654 e. The van der Waals surface area contributed by atoms with Crippen molar-refractivity contribution in [2.75, 3.05) is 0 Å². The van der Waals surface area contributed by atoms with Crippen LogP contribution in [0, 0.1) is 13.8 Å². The molecule has 0 saturated carbocycles. The number of hydrogen-bond acceptors (Lipinski definition) is 0. The third-order valence-electron chi connectivity index (χ3n) is 8.18. The van der Waals surface area contributed by atoms with Crippen LogP contribution in [0.5, 0.6) is 0 Å². The Morgan fingerprint density at radius 3 is 1.06 bits per heavy atom. The van der Waals surface area contributed by atoms with Gasteiger partial charge in [-0.3, -0.25) is 0 Å². The van der Waals surface area contributed by atoms with Crippen molar-refractivity contribution >= 4 is 32.3 Å². The third kappa shape index (κ3) is 4.34. The zero-order valence-corrected chi connectivity index (χ0v) is 22.8. The van der Waals surface area contributed by atoms with Gasteiger partial charge in [0.25, 0.3) is 0 Å². The van der Waals surface area contributed by atoms with Gasteiger partial charge in [0.1, 0.15) is 0 Å². The maximum atomic E-state index is 2.48. The maximum Gasteiger partial charge on any atom is -0.00181 e. The van der Waals surface area contributed by atoms with Gasteiger partial charge < -0.3 is 0 Å². The van der Waals surface area contributed by atoms with Crippen LogP contribution in [0.15, 0.2) is 24.3 Å². The van der Waals surface area contributed by atoms with Crippen LogP contribution in [0.1, 0.15) is 112 Å².